The number of allylic oxidation sites excluding steroid dienone is 1. The molecule has 3 unspecified atom stereocenters. The first-order valence-electron chi connectivity index (χ1n) is 7.52. The van der Waals surface area contributed by atoms with Crippen molar-refractivity contribution in [2.24, 2.45) is 5.92 Å². The summed E-state index contributed by atoms with van der Waals surface area (Å²) in [6.45, 7) is 6.24. The lowest BCUT2D eigenvalue weighted by Crippen LogP contribution is -2.60. The van der Waals surface area contributed by atoms with Crippen molar-refractivity contribution in [1.29, 1.82) is 0 Å². The maximum absolute atomic E-state index is 3.83. The Bertz CT molecular complexity index is 249. The predicted octanol–water partition coefficient (Wildman–Crippen LogP) is 3.44. The second-order valence-electron chi connectivity index (χ2n) is 6.26. The quantitative estimate of drug-likeness (QED) is 0.551. The Morgan fingerprint density at radius 3 is 2.72 bits per heavy atom. The molecular formula is C16H32N2. The van der Waals surface area contributed by atoms with E-state index >= 15 is 0 Å². The predicted molar refractivity (Wildman–Crippen MR) is 80.9 cm³/mol. The molecule has 1 rings (SSSR count). The Balaban J connectivity index is 2.76. The molecule has 0 amide bonds. The first kappa shape index (κ1) is 15.7. The minimum atomic E-state index is 0.355. The van der Waals surface area contributed by atoms with E-state index in [-0.39, 0.29) is 0 Å². The van der Waals surface area contributed by atoms with Crippen molar-refractivity contribution in [3.63, 3.8) is 0 Å². The maximum atomic E-state index is 3.83. The number of nitrogens with zero attached hydrogens (tertiary/aromatic N) is 1. The third-order valence-corrected chi connectivity index (χ3v) is 4.80. The Morgan fingerprint density at radius 2 is 2.22 bits per heavy atom. The molecular weight excluding hydrogens is 220 g/mol. The second kappa shape index (κ2) is 7.30. The summed E-state index contributed by atoms with van der Waals surface area (Å²) in [6, 6.07) is 0.607. The van der Waals surface area contributed by atoms with E-state index in [2.05, 4.69) is 44.9 Å². The van der Waals surface area contributed by atoms with Crippen LogP contribution in [0.5, 0.6) is 0 Å². The van der Waals surface area contributed by atoms with Crippen LogP contribution < -0.4 is 5.32 Å². The lowest BCUT2D eigenvalue weighted by atomic mass is 9.70. The summed E-state index contributed by atoms with van der Waals surface area (Å²) in [5.74, 6) is 0.858. The van der Waals surface area contributed by atoms with E-state index in [0.29, 0.717) is 11.6 Å². The van der Waals surface area contributed by atoms with Crippen LogP contribution in [-0.4, -0.2) is 37.6 Å². The highest BCUT2D eigenvalue weighted by molar-refractivity contribution is 5.01. The number of hydrogen-bond donors (Lipinski definition) is 1. The van der Waals surface area contributed by atoms with E-state index in [1.54, 1.807) is 0 Å². The van der Waals surface area contributed by atoms with E-state index in [9.17, 15) is 0 Å². The van der Waals surface area contributed by atoms with Gasteiger partial charge in [0.2, 0.25) is 0 Å². The summed E-state index contributed by atoms with van der Waals surface area (Å²) in [5.41, 5.74) is 0.355. The first-order valence-corrected chi connectivity index (χ1v) is 7.52. The molecule has 18 heavy (non-hydrogen) atoms. The highest BCUT2D eigenvalue weighted by Crippen LogP contribution is 2.39. The van der Waals surface area contributed by atoms with Crippen LogP contribution in [0.1, 0.15) is 51.9 Å². The fraction of sp³-hybridized carbons (Fsp3) is 0.875. The van der Waals surface area contributed by atoms with Gasteiger partial charge in [-0.3, -0.25) is 0 Å². The minimum Gasteiger partial charge on any atom is -0.315 e. The summed E-state index contributed by atoms with van der Waals surface area (Å²) < 4.78 is 0. The molecule has 0 aromatic rings. The molecule has 106 valence electrons. The van der Waals surface area contributed by atoms with Crippen molar-refractivity contribution < 1.29 is 0 Å². The van der Waals surface area contributed by atoms with Crippen LogP contribution >= 0.6 is 0 Å². The molecule has 1 saturated carbocycles. The van der Waals surface area contributed by atoms with Gasteiger partial charge in [0.25, 0.3) is 0 Å². The summed E-state index contributed by atoms with van der Waals surface area (Å²) >= 11 is 0. The normalized spacial score (nSPS) is 30.4. The maximum Gasteiger partial charge on any atom is 0.0358 e. The van der Waals surface area contributed by atoms with Crippen molar-refractivity contribution in [3.8, 4) is 0 Å². The summed E-state index contributed by atoms with van der Waals surface area (Å²) in [6.07, 6.45) is 11.1. The van der Waals surface area contributed by atoms with Gasteiger partial charge in [0.15, 0.2) is 0 Å². The van der Waals surface area contributed by atoms with Crippen LogP contribution in [0.25, 0.3) is 0 Å². The second-order valence-corrected chi connectivity index (χ2v) is 6.26. The van der Waals surface area contributed by atoms with Crippen LogP contribution in [-0.2, 0) is 0 Å². The topological polar surface area (TPSA) is 15.3 Å². The molecule has 3 atom stereocenters. The molecule has 0 aliphatic heterocycles. The zero-order valence-electron chi connectivity index (χ0n) is 12.8. The molecule has 0 bridgehead atoms. The number of hydrogen-bond acceptors (Lipinski definition) is 2. The minimum absolute atomic E-state index is 0.355. The molecule has 1 aliphatic rings. The van der Waals surface area contributed by atoms with E-state index in [1.807, 2.05) is 6.08 Å². The van der Waals surface area contributed by atoms with E-state index in [0.717, 1.165) is 12.3 Å². The Morgan fingerprint density at radius 1 is 1.50 bits per heavy atom. The zero-order chi connectivity index (χ0) is 13.6. The van der Waals surface area contributed by atoms with Crippen molar-refractivity contribution in [2.45, 2.75) is 63.5 Å². The average Bonchev–Trinajstić information content (AvgIpc) is 2.34. The van der Waals surface area contributed by atoms with Crippen molar-refractivity contribution in [1.82, 2.24) is 10.2 Å². The van der Waals surface area contributed by atoms with Gasteiger partial charge in [0.1, 0.15) is 0 Å². The molecule has 2 heteroatoms. The molecule has 1 aliphatic carbocycles. The molecule has 1 fully saturated rings. The molecule has 1 N–H and O–H groups in total. The van der Waals surface area contributed by atoms with Crippen LogP contribution in [0, 0.1) is 5.92 Å². The summed E-state index contributed by atoms with van der Waals surface area (Å²) in [5, 5.41) is 3.60. The van der Waals surface area contributed by atoms with Gasteiger partial charge in [0, 0.05) is 11.6 Å². The van der Waals surface area contributed by atoms with Crippen LogP contribution in [0.15, 0.2) is 12.7 Å². The molecule has 0 radical (unpaired) electrons. The first-order chi connectivity index (χ1) is 8.56. The molecule has 0 saturated heterocycles. The third kappa shape index (κ3) is 3.58. The third-order valence-electron chi connectivity index (χ3n) is 4.80. The molecule has 0 spiro atoms. The van der Waals surface area contributed by atoms with Gasteiger partial charge < -0.3 is 10.2 Å². The van der Waals surface area contributed by atoms with Crippen molar-refractivity contribution in [2.75, 3.05) is 21.1 Å². The van der Waals surface area contributed by atoms with Gasteiger partial charge in [-0.2, -0.15) is 0 Å². The van der Waals surface area contributed by atoms with Gasteiger partial charge in [-0.15, -0.1) is 6.58 Å². The van der Waals surface area contributed by atoms with Crippen molar-refractivity contribution in [3.05, 3.63) is 12.7 Å². The molecule has 0 heterocycles. The fourth-order valence-corrected chi connectivity index (χ4v) is 3.75. The fourth-order valence-electron chi connectivity index (χ4n) is 3.75. The van der Waals surface area contributed by atoms with Gasteiger partial charge in [-0.25, -0.2) is 0 Å². The van der Waals surface area contributed by atoms with Crippen molar-refractivity contribution >= 4 is 0 Å². The number of rotatable bonds is 7. The lowest BCUT2D eigenvalue weighted by molar-refractivity contribution is 0.0363. The van der Waals surface area contributed by atoms with E-state index < -0.39 is 0 Å². The SMILES string of the molecule is C=CCCCC(NC)C1(N(C)C)CCCC(C)C1. The Kier molecular flexibility index (Phi) is 6.37. The highest BCUT2D eigenvalue weighted by Gasteiger charge is 2.42. The molecule has 2 nitrogen and oxygen atoms in total. The Labute approximate surface area is 114 Å². The average molecular weight is 252 g/mol. The molecule has 0 aromatic carbocycles. The highest BCUT2D eigenvalue weighted by atomic mass is 15.2. The number of likely N-dealkylation sites (N-methyl/N-ethyl adjacent to an activating group) is 2. The van der Waals surface area contributed by atoms with Gasteiger partial charge in [0.05, 0.1) is 0 Å². The number of unbranched alkanes of at least 4 members (excludes halogenated alkanes) is 1. The zero-order valence-corrected chi connectivity index (χ0v) is 12.8. The van der Waals surface area contributed by atoms with E-state index in [1.165, 1.54) is 38.5 Å². The summed E-state index contributed by atoms with van der Waals surface area (Å²) in [4.78, 5) is 2.48. The largest absolute Gasteiger partial charge is 0.315 e. The lowest BCUT2D eigenvalue weighted by Gasteiger charge is -2.50. The van der Waals surface area contributed by atoms with E-state index in [4.69, 9.17) is 0 Å². The molecule has 0 aromatic heterocycles. The van der Waals surface area contributed by atoms with Crippen LogP contribution in [0.3, 0.4) is 0 Å². The monoisotopic (exact) mass is 252 g/mol. The van der Waals surface area contributed by atoms with Crippen LogP contribution in [0.4, 0.5) is 0 Å². The standard InChI is InChI=1S/C16H32N2/c1-6-7-8-11-15(17-3)16(18(4)5)12-9-10-14(2)13-16/h6,14-15,17H,1,7-13H2,2-5H3. The summed E-state index contributed by atoms with van der Waals surface area (Å²) in [7, 11) is 6.65. The number of nitrogens with one attached hydrogen (secondary N) is 1. The van der Waals surface area contributed by atoms with Gasteiger partial charge in [-0.05, 0) is 59.2 Å². The van der Waals surface area contributed by atoms with Gasteiger partial charge >= 0.3 is 0 Å². The van der Waals surface area contributed by atoms with Crippen LogP contribution in [0.2, 0.25) is 0 Å². The van der Waals surface area contributed by atoms with Gasteiger partial charge in [-0.1, -0.05) is 25.8 Å². The smallest absolute Gasteiger partial charge is 0.0358 e. The Hall–Kier alpha value is -0.340.